The van der Waals surface area contributed by atoms with E-state index in [9.17, 15) is 4.79 Å². The third kappa shape index (κ3) is 3.49. The summed E-state index contributed by atoms with van der Waals surface area (Å²) in [5.74, 6) is -0.187. The summed E-state index contributed by atoms with van der Waals surface area (Å²) in [6, 6.07) is 17.0. The van der Waals surface area contributed by atoms with E-state index in [0.29, 0.717) is 16.9 Å². The topological polar surface area (TPSA) is 112 Å². The molecule has 0 aliphatic carbocycles. The Bertz CT molecular complexity index is 1590. The molecule has 0 spiro atoms. The number of H-pyrrole nitrogens is 2. The normalized spacial score (nSPS) is 11.2. The summed E-state index contributed by atoms with van der Waals surface area (Å²) in [6.07, 6.45) is 8.68. The van der Waals surface area contributed by atoms with Gasteiger partial charge < -0.3 is 10.3 Å². The molecule has 0 radical (unpaired) electrons. The Morgan fingerprint density at radius 2 is 1.76 bits per heavy atom. The second kappa shape index (κ2) is 7.69. The summed E-state index contributed by atoms with van der Waals surface area (Å²) < 4.78 is 0. The van der Waals surface area contributed by atoms with Crippen LogP contribution in [0.15, 0.2) is 85.6 Å². The first kappa shape index (κ1) is 18.9. The molecule has 1 aromatic carbocycles. The number of amides is 1. The molecule has 6 aromatic rings. The van der Waals surface area contributed by atoms with Gasteiger partial charge in [-0.05, 0) is 36.4 Å². The van der Waals surface area contributed by atoms with Crippen molar-refractivity contribution in [2.24, 2.45) is 0 Å². The highest BCUT2D eigenvalue weighted by Crippen LogP contribution is 2.31. The van der Waals surface area contributed by atoms with Crippen LogP contribution < -0.4 is 5.32 Å². The molecule has 0 atom stereocenters. The molecule has 33 heavy (non-hydrogen) atoms. The first-order valence-corrected chi connectivity index (χ1v) is 10.3. The highest BCUT2D eigenvalue weighted by atomic mass is 16.1. The van der Waals surface area contributed by atoms with Crippen LogP contribution in [0.5, 0.6) is 0 Å². The van der Waals surface area contributed by atoms with Crippen LogP contribution in [0.25, 0.3) is 44.5 Å². The van der Waals surface area contributed by atoms with Crippen molar-refractivity contribution >= 4 is 33.5 Å². The lowest BCUT2D eigenvalue weighted by atomic mass is 10.1. The molecule has 0 saturated heterocycles. The molecule has 0 unspecified atom stereocenters. The molecule has 5 aromatic heterocycles. The quantitative estimate of drug-likeness (QED) is 0.371. The lowest BCUT2D eigenvalue weighted by Crippen LogP contribution is -2.11. The summed E-state index contributed by atoms with van der Waals surface area (Å²) in [7, 11) is 0. The van der Waals surface area contributed by atoms with Gasteiger partial charge in [-0.25, -0.2) is 4.98 Å². The van der Waals surface area contributed by atoms with Crippen LogP contribution in [0.3, 0.4) is 0 Å². The fourth-order valence-electron chi connectivity index (χ4n) is 3.83. The monoisotopic (exact) mass is 431 g/mol. The van der Waals surface area contributed by atoms with Crippen LogP contribution in [0, 0.1) is 0 Å². The number of fused-ring (bicyclic) bond motifs is 2. The zero-order valence-corrected chi connectivity index (χ0v) is 17.3. The first-order valence-electron chi connectivity index (χ1n) is 10.3. The van der Waals surface area contributed by atoms with Crippen molar-refractivity contribution in [2.75, 3.05) is 5.32 Å². The third-order valence-electron chi connectivity index (χ3n) is 5.46. The molecule has 158 valence electrons. The van der Waals surface area contributed by atoms with Gasteiger partial charge in [-0.2, -0.15) is 5.10 Å². The third-order valence-corrected chi connectivity index (χ3v) is 5.46. The standard InChI is InChI=1S/C25H17N7O/c33-25(15-4-2-1-3-5-15)29-19-8-17(11-27-13-19)18-9-20-23(31-32-24(20)28-12-18)21-10-16-6-7-26-14-22(16)30-21/h1-14,30H,(H,29,33)(H,28,31,32). The zero-order chi connectivity index (χ0) is 22.2. The first-order chi connectivity index (χ1) is 16.2. The Morgan fingerprint density at radius 3 is 2.64 bits per heavy atom. The molecule has 0 saturated carbocycles. The number of benzene rings is 1. The van der Waals surface area contributed by atoms with Crippen LogP contribution in [-0.4, -0.2) is 36.0 Å². The maximum atomic E-state index is 12.5. The van der Waals surface area contributed by atoms with Crippen molar-refractivity contribution in [1.82, 2.24) is 30.1 Å². The lowest BCUT2D eigenvalue weighted by molar-refractivity contribution is 0.102. The van der Waals surface area contributed by atoms with Crippen molar-refractivity contribution in [2.45, 2.75) is 0 Å². The highest BCUT2D eigenvalue weighted by Gasteiger charge is 2.14. The fraction of sp³-hybridized carbons (Fsp3) is 0. The number of rotatable bonds is 4. The fourth-order valence-corrected chi connectivity index (χ4v) is 3.83. The summed E-state index contributed by atoms with van der Waals surface area (Å²) in [5.41, 5.74) is 6.18. The van der Waals surface area contributed by atoms with Crippen LogP contribution in [0.2, 0.25) is 0 Å². The van der Waals surface area contributed by atoms with E-state index in [2.05, 4.69) is 35.5 Å². The van der Waals surface area contributed by atoms with Gasteiger partial charge in [0.2, 0.25) is 0 Å². The Balaban J connectivity index is 1.36. The molecule has 3 N–H and O–H groups in total. The number of aromatic amines is 2. The Kier molecular flexibility index (Phi) is 4.40. The van der Waals surface area contributed by atoms with Crippen molar-refractivity contribution in [3.8, 4) is 22.5 Å². The van der Waals surface area contributed by atoms with Crippen LogP contribution in [0.4, 0.5) is 5.69 Å². The van der Waals surface area contributed by atoms with E-state index in [-0.39, 0.29) is 5.91 Å². The van der Waals surface area contributed by atoms with Crippen molar-refractivity contribution in [3.05, 3.63) is 91.1 Å². The molecular formula is C25H17N7O. The van der Waals surface area contributed by atoms with Gasteiger partial charge in [0.05, 0.1) is 29.3 Å². The number of carbonyl (C=O) groups excluding carboxylic acids is 1. The molecule has 8 heteroatoms. The Labute approximate surface area is 187 Å². The maximum Gasteiger partial charge on any atom is 0.255 e. The van der Waals surface area contributed by atoms with Crippen LogP contribution in [0.1, 0.15) is 10.4 Å². The van der Waals surface area contributed by atoms with E-state index in [4.69, 9.17) is 0 Å². The van der Waals surface area contributed by atoms with Crippen molar-refractivity contribution in [1.29, 1.82) is 0 Å². The van der Waals surface area contributed by atoms with E-state index >= 15 is 0 Å². The van der Waals surface area contributed by atoms with E-state index in [1.807, 2.05) is 42.5 Å². The van der Waals surface area contributed by atoms with Gasteiger partial charge in [-0.1, -0.05) is 18.2 Å². The smallest absolute Gasteiger partial charge is 0.255 e. The Hall–Kier alpha value is -4.85. The van der Waals surface area contributed by atoms with Crippen LogP contribution >= 0.6 is 0 Å². The predicted octanol–water partition coefficient (Wildman–Crippen LogP) is 4.82. The summed E-state index contributed by atoms with van der Waals surface area (Å²) in [5, 5.41) is 12.3. The van der Waals surface area contributed by atoms with Gasteiger partial charge in [0, 0.05) is 46.1 Å². The molecule has 0 aliphatic rings. The summed E-state index contributed by atoms with van der Waals surface area (Å²) in [4.78, 5) is 28.9. The molecule has 0 bridgehead atoms. The Morgan fingerprint density at radius 1 is 0.879 bits per heavy atom. The van der Waals surface area contributed by atoms with E-state index in [1.54, 1.807) is 43.1 Å². The van der Waals surface area contributed by atoms with Crippen molar-refractivity contribution in [3.63, 3.8) is 0 Å². The average molecular weight is 431 g/mol. The molecule has 1 amide bonds. The zero-order valence-electron chi connectivity index (χ0n) is 17.3. The minimum atomic E-state index is -0.187. The largest absolute Gasteiger partial charge is 0.352 e. The average Bonchev–Trinajstić information content (AvgIpc) is 3.48. The molecular weight excluding hydrogens is 414 g/mol. The summed E-state index contributed by atoms with van der Waals surface area (Å²) >= 11 is 0. The number of aromatic nitrogens is 6. The predicted molar refractivity (Wildman–Crippen MR) is 127 cm³/mol. The van der Waals surface area contributed by atoms with Gasteiger partial charge in [-0.3, -0.25) is 19.9 Å². The SMILES string of the molecule is O=C(Nc1cncc(-c2cnc3[nH]nc(-c4cc5ccncc5[nH]4)c3c2)c1)c1ccccc1. The van der Waals surface area contributed by atoms with Gasteiger partial charge >= 0.3 is 0 Å². The van der Waals surface area contributed by atoms with Crippen LogP contribution in [-0.2, 0) is 0 Å². The highest BCUT2D eigenvalue weighted by molar-refractivity contribution is 6.04. The minimum Gasteiger partial charge on any atom is -0.352 e. The minimum absolute atomic E-state index is 0.187. The number of anilines is 1. The van der Waals surface area contributed by atoms with E-state index in [0.717, 1.165) is 38.8 Å². The number of nitrogens with zero attached hydrogens (tertiary/aromatic N) is 4. The summed E-state index contributed by atoms with van der Waals surface area (Å²) in [6.45, 7) is 0. The molecule has 5 heterocycles. The van der Waals surface area contributed by atoms with Gasteiger partial charge in [-0.15, -0.1) is 0 Å². The van der Waals surface area contributed by atoms with E-state index < -0.39 is 0 Å². The molecule has 8 nitrogen and oxygen atoms in total. The van der Waals surface area contributed by atoms with Gasteiger partial charge in [0.25, 0.3) is 5.91 Å². The van der Waals surface area contributed by atoms with E-state index in [1.165, 1.54) is 0 Å². The van der Waals surface area contributed by atoms with Gasteiger partial charge in [0.15, 0.2) is 5.65 Å². The van der Waals surface area contributed by atoms with Crippen molar-refractivity contribution < 1.29 is 4.79 Å². The number of carbonyl (C=O) groups is 1. The second-order valence-corrected chi connectivity index (χ2v) is 7.62. The second-order valence-electron chi connectivity index (χ2n) is 7.62. The number of nitrogens with one attached hydrogen (secondary N) is 3. The maximum absolute atomic E-state index is 12.5. The molecule has 6 rings (SSSR count). The molecule has 0 fully saturated rings. The molecule has 0 aliphatic heterocycles. The lowest BCUT2D eigenvalue weighted by Gasteiger charge is -2.07. The number of pyridine rings is 3. The van der Waals surface area contributed by atoms with Gasteiger partial charge in [0.1, 0.15) is 5.69 Å². The number of hydrogen-bond acceptors (Lipinski definition) is 5. The number of hydrogen-bond donors (Lipinski definition) is 3.